The number of nitrogens with one attached hydrogen (secondary N) is 2. The number of piperidine rings is 1. The molecule has 0 bridgehead atoms. The van der Waals surface area contributed by atoms with Crippen molar-refractivity contribution in [2.24, 2.45) is 17.8 Å². The van der Waals surface area contributed by atoms with Gasteiger partial charge in [-0.05, 0) is 25.3 Å². The lowest BCUT2D eigenvalue weighted by molar-refractivity contribution is -0.197. The lowest BCUT2D eigenvalue weighted by Crippen LogP contribution is -2.58. The molecule has 5 unspecified atom stereocenters. The molecule has 88 valence electrons. The molecule has 0 aromatic heterocycles. The Morgan fingerprint density at radius 2 is 1.73 bits per heavy atom. The van der Waals surface area contributed by atoms with Gasteiger partial charge >= 0.3 is 6.18 Å². The van der Waals surface area contributed by atoms with Gasteiger partial charge in [-0.3, -0.25) is 0 Å². The first kappa shape index (κ1) is 11.2. The Morgan fingerprint density at radius 3 is 2.33 bits per heavy atom. The van der Waals surface area contributed by atoms with Crippen LogP contribution in [0.3, 0.4) is 0 Å². The number of hydrogen-bond acceptors (Lipinski definition) is 2. The first-order valence-electron chi connectivity index (χ1n) is 5.44. The first-order chi connectivity index (χ1) is 6.91. The van der Waals surface area contributed by atoms with Crippen molar-refractivity contribution in [3.05, 3.63) is 0 Å². The van der Waals surface area contributed by atoms with E-state index in [4.69, 9.17) is 0 Å². The number of halogens is 3. The second-order valence-electron chi connectivity index (χ2n) is 4.83. The maximum atomic E-state index is 12.8. The highest BCUT2D eigenvalue weighted by atomic mass is 19.4. The van der Waals surface area contributed by atoms with Gasteiger partial charge in [0.15, 0.2) is 0 Å². The molecule has 0 spiro atoms. The minimum absolute atomic E-state index is 0.0274. The van der Waals surface area contributed by atoms with Crippen molar-refractivity contribution in [1.82, 2.24) is 10.6 Å². The van der Waals surface area contributed by atoms with E-state index >= 15 is 0 Å². The van der Waals surface area contributed by atoms with E-state index in [1.165, 1.54) is 0 Å². The van der Waals surface area contributed by atoms with Gasteiger partial charge in [-0.25, -0.2) is 0 Å². The Morgan fingerprint density at radius 1 is 1.07 bits per heavy atom. The average Bonchev–Trinajstić information content (AvgIpc) is 2.48. The van der Waals surface area contributed by atoms with E-state index in [1.807, 2.05) is 13.8 Å². The third-order valence-corrected chi connectivity index (χ3v) is 3.83. The zero-order valence-electron chi connectivity index (χ0n) is 8.93. The van der Waals surface area contributed by atoms with E-state index in [-0.39, 0.29) is 30.5 Å². The van der Waals surface area contributed by atoms with Crippen molar-refractivity contribution < 1.29 is 13.2 Å². The SMILES string of the molecule is CC1CNC2C(C)NCC(C(F)(F)F)C12. The maximum absolute atomic E-state index is 12.8. The summed E-state index contributed by atoms with van der Waals surface area (Å²) in [5.74, 6) is -1.34. The van der Waals surface area contributed by atoms with Gasteiger partial charge in [0.05, 0.1) is 5.92 Å². The van der Waals surface area contributed by atoms with E-state index in [1.54, 1.807) is 0 Å². The van der Waals surface area contributed by atoms with Gasteiger partial charge in [-0.15, -0.1) is 0 Å². The Kier molecular flexibility index (Phi) is 2.71. The fourth-order valence-electron chi connectivity index (χ4n) is 3.01. The fourth-order valence-corrected chi connectivity index (χ4v) is 3.01. The summed E-state index contributed by atoms with van der Waals surface area (Å²) >= 11 is 0. The van der Waals surface area contributed by atoms with E-state index in [2.05, 4.69) is 10.6 Å². The molecule has 0 aromatic carbocycles. The van der Waals surface area contributed by atoms with E-state index < -0.39 is 12.1 Å². The van der Waals surface area contributed by atoms with Crippen molar-refractivity contribution in [2.75, 3.05) is 13.1 Å². The Labute approximate surface area is 87.6 Å². The van der Waals surface area contributed by atoms with Crippen LogP contribution in [0.15, 0.2) is 0 Å². The standard InChI is InChI=1S/C10H17F3N2/c1-5-3-15-9-6(2)14-4-7(8(5)9)10(11,12)13/h5-9,14-15H,3-4H2,1-2H3. The number of rotatable bonds is 0. The molecular formula is C10H17F3N2. The summed E-state index contributed by atoms with van der Waals surface area (Å²) in [7, 11) is 0. The predicted molar refractivity (Wildman–Crippen MR) is 51.5 cm³/mol. The fraction of sp³-hybridized carbons (Fsp3) is 1.00. The normalized spacial score (nSPS) is 46.6. The van der Waals surface area contributed by atoms with Crippen molar-refractivity contribution in [2.45, 2.75) is 32.1 Å². The highest BCUT2D eigenvalue weighted by Gasteiger charge is 2.54. The van der Waals surface area contributed by atoms with Gasteiger partial charge in [-0.2, -0.15) is 13.2 Å². The van der Waals surface area contributed by atoms with Crippen molar-refractivity contribution in [3.8, 4) is 0 Å². The Bertz CT molecular complexity index is 241. The van der Waals surface area contributed by atoms with Crippen LogP contribution < -0.4 is 10.6 Å². The monoisotopic (exact) mass is 222 g/mol. The van der Waals surface area contributed by atoms with Gasteiger partial charge in [0.25, 0.3) is 0 Å². The quantitative estimate of drug-likeness (QED) is 0.647. The van der Waals surface area contributed by atoms with Crippen LogP contribution in [0.25, 0.3) is 0 Å². The molecule has 2 fully saturated rings. The molecule has 2 rings (SSSR count). The largest absolute Gasteiger partial charge is 0.393 e. The van der Waals surface area contributed by atoms with E-state index in [0.717, 1.165) is 0 Å². The van der Waals surface area contributed by atoms with Crippen LogP contribution in [0, 0.1) is 17.8 Å². The minimum atomic E-state index is -4.07. The molecule has 0 aromatic rings. The Balaban J connectivity index is 2.20. The highest BCUT2D eigenvalue weighted by Crippen LogP contribution is 2.42. The first-order valence-corrected chi connectivity index (χ1v) is 5.44. The molecule has 0 saturated carbocycles. The molecule has 2 aliphatic rings. The summed E-state index contributed by atoms with van der Waals surface area (Å²) in [6, 6.07) is 0.110. The summed E-state index contributed by atoms with van der Waals surface area (Å²) in [6.07, 6.45) is -4.07. The van der Waals surface area contributed by atoms with Crippen molar-refractivity contribution >= 4 is 0 Å². The van der Waals surface area contributed by atoms with E-state index in [0.29, 0.717) is 6.54 Å². The van der Waals surface area contributed by atoms with Gasteiger partial charge in [0, 0.05) is 18.6 Å². The minimum Gasteiger partial charge on any atom is -0.312 e. The van der Waals surface area contributed by atoms with Crippen LogP contribution in [-0.4, -0.2) is 31.3 Å². The van der Waals surface area contributed by atoms with Gasteiger partial charge in [0.2, 0.25) is 0 Å². The molecule has 2 aliphatic heterocycles. The Hall–Kier alpha value is -0.290. The smallest absolute Gasteiger partial charge is 0.312 e. The number of hydrogen-bond donors (Lipinski definition) is 2. The maximum Gasteiger partial charge on any atom is 0.393 e. The second-order valence-corrected chi connectivity index (χ2v) is 4.83. The molecule has 2 saturated heterocycles. The molecule has 15 heavy (non-hydrogen) atoms. The molecule has 5 heteroatoms. The summed E-state index contributed by atoms with van der Waals surface area (Å²) in [5.41, 5.74) is 0. The van der Waals surface area contributed by atoms with Gasteiger partial charge in [0.1, 0.15) is 0 Å². The molecule has 2 nitrogen and oxygen atoms in total. The van der Waals surface area contributed by atoms with Crippen LogP contribution in [0.2, 0.25) is 0 Å². The van der Waals surface area contributed by atoms with Crippen LogP contribution in [0.4, 0.5) is 13.2 Å². The summed E-state index contributed by atoms with van der Waals surface area (Å²) in [5, 5.41) is 6.15. The van der Waals surface area contributed by atoms with Crippen LogP contribution >= 0.6 is 0 Å². The zero-order valence-corrected chi connectivity index (χ0v) is 8.93. The molecule has 2 N–H and O–H groups in total. The third kappa shape index (κ3) is 1.87. The molecule has 0 aliphatic carbocycles. The van der Waals surface area contributed by atoms with Gasteiger partial charge < -0.3 is 10.6 Å². The molecule has 0 amide bonds. The highest BCUT2D eigenvalue weighted by molar-refractivity contribution is 5.02. The average molecular weight is 222 g/mol. The topological polar surface area (TPSA) is 24.1 Å². The van der Waals surface area contributed by atoms with E-state index in [9.17, 15) is 13.2 Å². The molecule has 2 heterocycles. The predicted octanol–water partition coefficient (Wildman–Crippen LogP) is 1.38. The number of fused-ring (bicyclic) bond motifs is 1. The lowest BCUT2D eigenvalue weighted by atomic mass is 9.75. The van der Waals surface area contributed by atoms with Crippen LogP contribution in [0.1, 0.15) is 13.8 Å². The molecule has 0 radical (unpaired) electrons. The van der Waals surface area contributed by atoms with Crippen LogP contribution in [0.5, 0.6) is 0 Å². The van der Waals surface area contributed by atoms with Crippen molar-refractivity contribution in [1.29, 1.82) is 0 Å². The second kappa shape index (κ2) is 3.63. The third-order valence-electron chi connectivity index (χ3n) is 3.83. The molecule has 5 atom stereocenters. The summed E-state index contributed by atoms with van der Waals surface area (Å²) in [4.78, 5) is 0. The lowest BCUT2D eigenvalue weighted by Gasteiger charge is -2.40. The number of alkyl halides is 3. The summed E-state index contributed by atoms with van der Waals surface area (Å²) in [6.45, 7) is 4.63. The van der Waals surface area contributed by atoms with Crippen LogP contribution in [-0.2, 0) is 0 Å². The van der Waals surface area contributed by atoms with Crippen molar-refractivity contribution in [3.63, 3.8) is 0 Å². The molecular weight excluding hydrogens is 205 g/mol. The summed E-state index contributed by atoms with van der Waals surface area (Å²) < 4.78 is 38.4. The zero-order chi connectivity index (χ0) is 11.2. The van der Waals surface area contributed by atoms with Gasteiger partial charge in [-0.1, -0.05) is 6.92 Å².